The molecule has 1 aromatic heterocycles. The number of hydrogen-bond acceptors (Lipinski definition) is 4. The third kappa shape index (κ3) is 5.57. The molecular formula is C19H26N4O. The standard InChI is InChI=1S/C19H26N4O/c1-3-23(4-2)18-7-5-17(6-8-18)21-14-11-19(24)22-15-16-9-12-20-13-10-16/h5-10,12-13,21H,3-4,11,14-15H2,1-2H3,(H,22,24). The van der Waals surface area contributed by atoms with Gasteiger partial charge in [-0.1, -0.05) is 0 Å². The highest BCUT2D eigenvalue weighted by molar-refractivity contribution is 5.76. The van der Waals surface area contributed by atoms with Crippen LogP contribution in [0.25, 0.3) is 0 Å². The Morgan fingerprint density at radius 1 is 1.04 bits per heavy atom. The topological polar surface area (TPSA) is 57.3 Å². The van der Waals surface area contributed by atoms with Gasteiger partial charge in [0.15, 0.2) is 0 Å². The molecule has 5 heteroatoms. The Morgan fingerprint density at radius 3 is 2.33 bits per heavy atom. The highest BCUT2D eigenvalue weighted by Crippen LogP contribution is 2.17. The van der Waals surface area contributed by atoms with Gasteiger partial charge in [0.05, 0.1) is 0 Å². The normalized spacial score (nSPS) is 10.2. The van der Waals surface area contributed by atoms with Crippen molar-refractivity contribution in [3.05, 3.63) is 54.4 Å². The zero-order valence-corrected chi connectivity index (χ0v) is 14.5. The number of benzene rings is 1. The number of amides is 1. The Hall–Kier alpha value is -2.56. The fourth-order valence-electron chi connectivity index (χ4n) is 2.49. The first kappa shape index (κ1) is 17.8. The largest absolute Gasteiger partial charge is 0.385 e. The molecule has 0 saturated carbocycles. The van der Waals surface area contributed by atoms with Crippen molar-refractivity contribution in [2.45, 2.75) is 26.8 Å². The minimum Gasteiger partial charge on any atom is -0.385 e. The van der Waals surface area contributed by atoms with Crippen LogP contribution in [0.4, 0.5) is 11.4 Å². The van der Waals surface area contributed by atoms with Gasteiger partial charge in [-0.2, -0.15) is 0 Å². The third-order valence-electron chi connectivity index (χ3n) is 3.92. The van der Waals surface area contributed by atoms with Crippen molar-refractivity contribution in [1.29, 1.82) is 0 Å². The highest BCUT2D eigenvalue weighted by atomic mass is 16.1. The molecule has 0 saturated heterocycles. The number of hydrogen-bond donors (Lipinski definition) is 2. The summed E-state index contributed by atoms with van der Waals surface area (Å²) in [6, 6.07) is 12.1. The lowest BCUT2D eigenvalue weighted by Crippen LogP contribution is -2.24. The molecule has 24 heavy (non-hydrogen) atoms. The smallest absolute Gasteiger partial charge is 0.222 e. The van der Waals surface area contributed by atoms with Gasteiger partial charge < -0.3 is 15.5 Å². The molecule has 0 atom stereocenters. The van der Waals surface area contributed by atoms with E-state index in [0.29, 0.717) is 19.5 Å². The van der Waals surface area contributed by atoms with Crippen molar-refractivity contribution in [3.63, 3.8) is 0 Å². The summed E-state index contributed by atoms with van der Waals surface area (Å²) < 4.78 is 0. The fourth-order valence-corrected chi connectivity index (χ4v) is 2.49. The van der Waals surface area contributed by atoms with Gasteiger partial charge in [-0.3, -0.25) is 9.78 Å². The van der Waals surface area contributed by atoms with E-state index in [-0.39, 0.29) is 5.91 Å². The molecule has 2 aromatic rings. The van der Waals surface area contributed by atoms with Crippen molar-refractivity contribution in [2.75, 3.05) is 29.9 Å². The maximum atomic E-state index is 11.9. The monoisotopic (exact) mass is 326 g/mol. The lowest BCUT2D eigenvalue weighted by atomic mass is 10.2. The lowest BCUT2D eigenvalue weighted by molar-refractivity contribution is -0.121. The quantitative estimate of drug-likeness (QED) is 0.744. The summed E-state index contributed by atoms with van der Waals surface area (Å²) in [5, 5.41) is 6.20. The van der Waals surface area contributed by atoms with Gasteiger partial charge in [0.25, 0.3) is 0 Å². The number of aromatic nitrogens is 1. The van der Waals surface area contributed by atoms with Gasteiger partial charge in [-0.15, -0.1) is 0 Å². The maximum absolute atomic E-state index is 11.9. The van der Waals surface area contributed by atoms with Crippen LogP contribution >= 0.6 is 0 Å². The molecule has 2 rings (SSSR count). The van der Waals surface area contributed by atoms with Gasteiger partial charge in [0, 0.05) is 56.4 Å². The average Bonchev–Trinajstić information content (AvgIpc) is 2.63. The number of carbonyl (C=O) groups is 1. The summed E-state index contributed by atoms with van der Waals surface area (Å²) in [6.07, 6.45) is 3.90. The fraction of sp³-hybridized carbons (Fsp3) is 0.368. The molecule has 0 bridgehead atoms. The number of carbonyl (C=O) groups excluding carboxylic acids is 1. The first-order chi connectivity index (χ1) is 11.7. The predicted molar refractivity (Wildman–Crippen MR) is 99.2 cm³/mol. The first-order valence-corrected chi connectivity index (χ1v) is 8.47. The average molecular weight is 326 g/mol. The van der Waals surface area contributed by atoms with Gasteiger partial charge >= 0.3 is 0 Å². The predicted octanol–water partition coefficient (Wildman–Crippen LogP) is 3.05. The number of anilines is 2. The zero-order chi connectivity index (χ0) is 17.2. The van der Waals surface area contributed by atoms with Crippen molar-refractivity contribution in [1.82, 2.24) is 10.3 Å². The van der Waals surface area contributed by atoms with E-state index < -0.39 is 0 Å². The van der Waals surface area contributed by atoms with Crippen LogP contribution < -0.4 is 15.5 Å². The molecule has 0 aliphatic heterocycles. The summed E-state index contributed by atoms with van der Waals surface area (Å²) in [4.78, 5) is 18.1. The molecule has 5 nitrogen and oxygen atoms in total. The molecule has 1 amide bonds. The Labute approximate surface area is 144 Å². The molecule has 2 N–H and O–H groups in total. The second-order valence-electron chi connectivity index (χ2n) is 5.53. The highest BCUT2D eigenvalue weighted by Gasteiger charge is 2.03. The van der Waals surface area contributed by atoms with Crippen LogP contribution in [0.15, 0.2) is 48.8 Å². The van der Waals surface area contributed by atoms with Crippen molar-refractivity contribution in [3.8, 4) is 0 Å². The number of nitrogens with one attached hydrogen (secondary N) is 2. The summed E-state index contributed by atoms with van der Waals surface area (Å²) in [5.41, 5.74) is 3.31. The van der Waals surface area contributed by atoms with Crippen molar-refractivity contribution < 1.29 is 4.79 Å². The molecule has 128 valence electrons. The van der Waals surface area contributed by atoms with E-state index in [9.17, 15) is 4.79 Å². The van der Waals surface area contributed by atoms with E-state index in [2.05, 4.69) is 58.6 Å². The lowest BCUT2D eigenvalue weighted by Gasteiger charge is -2.21. The molecule has 0 aliphatic rings. The second-order valence-corrected chi connectivity index (χ2v) is 5.53. The van der Waals surface area contributed by atoms with E-state index in [4.69, 9.17) is 0 Å². The van der Waals surface area contributed by atoms with E-state index in [0.717, 1.165) is 24.3 Å². The number of rotatable bonds is 9. The summed E-state index contributed by atoms with van der Waals surface area (Å²) >= 11 is 0. The van der Waals surface area contributed by atoms with Crippen LogP contribution in [0, 0.1) is 0 Å². The molecule has 1 aromatic carbocycles. The summed E-state index contributed by atoms with van der Waals surface area (Å²) in [5.74, 6) is 0.0408. The Balaban J connectivity index is 1.70. The molecule has 0 radical (unpaired) electrons. The Kier molecular flexibility index (Phi) is 7.08. The maximum Gasteiger partial charge on any atom is 0.222 e. The number of nitrogens with zero attached hydrogens (tertiary/aromatic N) is 2. The first-order valence-electron chi connectivity index (χ1n) is 8.47. The van der Waals surface area contributed by atoms with Crippen LogP contribution in [0.2, 0.25) is 0 Å². The molecule has 0 spiro atoms. The van der Waals surface area contributed by atoms with Gasteiger partial charge in [-0.25, -0.2) is 0 Å². The summed E-state index contributed by atoms with van der Waals surface area (Å²) in [6.45, 7) is 7.47. The second kappa shape index (κ2) is 9.55. The molecule has 0 unspecified atom stereocenters. The minimum absolute atomic E-state index is 0.0408. The third-order valence-corrected chi connectivity index (χ3v) is 3.92. The molecule has 0 fully saturated rings. The van der Waals surface area contributed by atoms with Crippen LogP contribution in [0.1, 0.15) is 25.8 Å². The summed E-state index contributed by atoms with van der Waals surface area (Å²) in [7, 11) is 0. The van der Waals surface area contributed by atoms with Gasteiger partial charge in [0.2, 0.25) is 5.91 Å². The van der Waals surface area contributed by atoms with Crippen LogP contribution in [0.5, 0.6) is 0 Å². The van der Waals surface area contributed by atoms with E-state index in [1.165, 1.54) is 5.69 Å². The van der Waals surface area contributed by atoms with Crippen molar-refractivity contribution >= 4 is 17.3 Å². The Bertz CT molecular complexity index is 609. The van der Waals surface area contributed by atoms with Crippen LogP contribution in [0.3, 0.4) is 0 Å². The van der Waals surface area contributed by atoms with Crippen molar-refractivity contribution in [2.24, 2.45) is 0 Å². The van der Waals surface area contributed by atoms with E-state index in [1.807, 2.05) is 12.1 Å². The van der Waals surface area contributed by atoms with E-state index in [1.54, 1.807) is 12.4 Å². The van der Waals surface area contributed by atoms with Crippen LogP contribution in [-0.2, 0) is 11.3 Å². The number of pyridine rings is 1. The van der Waals surface area contributed by atoms with E-state index >= 15 is 0 Å². The molecular weight excluding hydrogens is 300 g/mol. The zero-order valence-electron chi connectivity index (χ0n) is 14.5. The van der Waals surface area contributed by atoms with Gasteiger partial charge in [0.1, 0.15) is 0 Å². The molecule has 0 aliphatic carbocycles. The minimum atomic E-state index is 0.0408. The van der Waals surface area contributed by atoms with Crippen LogP contribution in [-0.4, -0.2) is 30.5 Å². The molecule has 1 heterocycles. The van der Waals surface area contributed by atoms with Gasteiger partial charge in [-0.05, 0) is 55.8 Å². The SMILES string of the molecule is CCN(CC)c1ccc(NCCC(=O)NCc2ccncc2)cc1. The Morgan fingerprint density at radius 2 is 1.71 bits per heavy atom.